The van der Waals surface area contributed by atoms with Crippen molar-refractivity contribution in [3.05, 3.63) is 46.1 Å². The predicted molar refractivity (Wildman–Crippen MR) is 89.0 cm³/mol. The number of benzene rings is 1. The molecule has 0 fully saturated rings. The molecule has 0 amide bonds. The molecule has 2 aliphatic rings. The number of anilines is 1. The molecule has 2 unspecified atom stereocenters. The molecule has 1 aromatic heterocycles. The third kappa shape index (κ3) is 2.19. The van der Waals surface area contributed by atoms with Crippen molar-refractivity contribution in [2.24, 2.45) is 5.92 Å². The number of hydrogen-bond acceptors (Lipinski definition) is 2. The molecule has 2 aromatic rings. The van der Waals surface area contributed by atoms with Crippen LogP contribution in [0, 0.1) is 5.92 Å². The fraction of sp³-hybridized carbons (Fsp3) is 0.389. The second-order valence-electron chi connectivity index (χ2n) is 6.41. The lowest BCUT2D eigenvalue weighted by Crippen LogP contribution is -2.24. The smallest absolute Gasteiger partial charge is 0.0931 e. The lowest BCUT2D eigenvalue weighted by molar-refractivity contribution is 0.414. The Labute approximate surface area is 134 Å². The van der Waals surface area contributed by atoms with Crippen molar-refractivity contribution in [2.45, 2.75) is 31.6 Å². The summed E-state index contributed by atoms with van der Waals surface area (Å²) in [4.78, 5) is 4.82. The first kappa shape index (κ1) is 14.0. The molecule has 114 valence electrons. The van der Waals surface area contributed by atoms with E-state index in [1.54, 1.807) is 0 Å². The summed E-state index contributed by atoms with van der Waals surface area (Å²) >= 11 is 6.08. The highest BCUT2D eigenvalue weighted by atomic mass is 35.5. The molecule has 22 heavy (non-hydrogen) atoms. The van der Waals surface area contributed by atoms with Crippen LogP contribution in [-0.4, -0.2) is 11.7 Å². The van der Waals surface area contributed by atoms with Gasteiger partial charge in [0, 0.05) is 27.4 Å². The van der Waals surface area contributed by atoms with E-state index in [1.807, 2.05) is 18.2 Å². The van der Waals surface area contributed by atoms with Crippen molar-refractivity contribution in [3.8, 4) is 0 Å². The molecule has 2 aliphatic carbocycles. The number of nitrogen functional groups attached to an aromatic ring is 1. The molecule has 0 spiro atoms. The first-order chi connectivity index (χ1) is 10.7. The highest BCUT2D eigenvalue weighted by Gasteiger charge is 2.33. The molecule has 0 saturated carbocycles. The van der Waals surface area contributed by atoms with Crippen LogP contribution in [0.25, 0.3) is 10.9 Å². The van der Waals surface area contributed by atoms with Gasteiger partial charge in [0.2, 0.25) is 0 Å². The van der Waals surface area contributed by atoms with E-state index in [-0.39, 0.29) is 6.67 Å². The third-order valence-corrected chi connectivity index (χ3v) is 5.19. The minimum atomic E-state index is -0.276. The van der Waals surface area contributed by atoms with Crippen LogP contribution < -0.4 is 5.73 Å². The molecule has 2 atom stereocenters. The van der Waals surface area contributed by atoms with Gasteiger partial charge in [-0.1, -0.05) is 23.3 Å². The molecule has 4 heteroatoms. The fourth-order valence-corrected chi connectivity index (χ4v) is 4.26. The first-order valence-electron chi connectivity index (χ1n) is 7.78. The van der Waals surface area contributed by atoms with Crippen LogP contribution in [0.1, 0.15) is 36.4 Å². The van der Waals surface area contributed by atoms with E-state index in [9.17, 15) is 4.39 Å². The van der Waals surface area contributed by atoms with Gasteiger partial charge in [0.25, 0.3) is 0 Å². The summed E-state index contributed by atoms with van der Waals surface area (Å²) in [5.74, 6) is 0.851. The quantitative estimate of drug-likeness (QED) is 0.808. The molecular weight excluding hydrogens is 298 g/mol. The zero-order valence-electron chi connectivity index (χ0n) is 12.3. The van der Waals surface area contributed by atoms with Gasteiger partial charge in [0.05, 0.1) is 12.2 Å². The predicted octanol–water partition coefficient (Wildman–Crippen LogP) is 4.81. The molecule has 4 rings (SSSR count). The van der Waals surface area contributed by atoms with Crippen LogP contribution in [0.3, 0.4) is 0 Å². The normalized spacial score (nSPS) is 23.3. The molecule has 1 aromatic carbocycles. The highest BCUT2D eigenvalue weighted by molar-refractivity contribution is 6.31. The minimum Gasteiger partial charge on any atom is -0.398 e. The Morgan fingerprint density at radius 2 is 2.18 bits per heavy atom. The zero-order valence-corrected chi connectivity index (χ0v) is 13.0. The summed E-state index contributed by atoms with van der Waals surface area (Å²) in [7, 11) is 0. The Balaban J connectivity index is 1.85. The summed E-state index contributed by atoms with van der Waals surface area (Å²) in [5.41, 5.74) is 11.7. The minimum absolute atomic E-state index is 0.276. The van der Waals surface area contributed by atoms with E-state index < -0.39 is 0 Å². The van der Waals surface area contributed by atoms with E-state index in [2.05, 4.69) is 6.08 Å². The van der Waals surface area contributed by atoms with Crippen molar-refractivity contribution in [1.82, 2.24) is 4.98 Å². The lowest BCUT2D eigenvalue weighted by atomic mass is 9.70. The second kappa shape index (κ2) is 5.24. The number of fused-ring (bicyclic) bond motifs is 5. The summed E-state index contributed by atoms with van der Waals surface area (Å²) < 4.78 is 12.7. The monoisotopic (exact) mass is 315 g/mol. The van der Waals surface area contributed by atoms with Crippen LogP contribution in [0.15, 0.2) is 29.8 Å². The molecule has 2 bridgehead atoms. The van der Waals surface area contributed by atoms with Gasteiger partial charge < -0.3 is 5.73 Å². The van der Waals surface area contributed by atoms with Crippen molar-refractivity contribution in [3.63, 3.8) is 0 Å². The van der Waals surface area contributed by atoms with E-state index in [0.29, 0.717) is 23.3 Å². The van der Waals surface area contributed by atoms with E-state index >= 15 is 0 Å². The molecule has 0 radical (unpaired) electrons. The second-order valence-corrected chi connectivity index (χ2v) is 6.85. The van der Waals surface area contributed by atoms with Gasteiger partial charge in [0.1, 0.15) is 0 Å². The van der Waals surface area contributed by atoms with Gasteiger partial charge in [-0.3, -0.25) is 9.37 Å². The fourth-order valence-electron chi connectivity index (χ4n) is 4.09. The average molecular weight is 316 g/mol. The maximum absolute atomic E-state index is 12.7. The van der Waals surface area contributed by atoms with Gasteiger partial charge in [-0.15, -0.1) is 0 Å². The molecule has 2 nitrogen and oxygen atoms in total. The number of alkyl halides is 1. The van der Waals surface area contributed by atoms with Gasteiger partial charge in [-0.05, 0) is 55.7 Å². The zero-order chi connectivity index (χ0) is 15.3. The molecule has 2 N–H and O–H groups in total. The number of allylic oxidation sites excluding steroid dienone is 2. The van der Waals surface area contributed by atoms with Gasteiger partial charge in [0.15, 0.2) is 0 Å². The Kier molecular flexibility index (Phi) is 3.33. The van der Waals surface area contributed by atoms with E-state index in [0.717, 1.165) is 41.5 Å². The van der Waals surface area contributed by atoms with Crippen LogP contribution in [0.4, 0.5) is 10.1 Å². The standard InChI is InChI=1S/C18H18ClFN2/c19-13-1-2-14-15(9-13)22-16-8-11-5-10(3-4-20)6-12(7-11)17(16)18(14)21/h1-2,5,9,11-12H,3-4,6-8H2,(H2,21,22)/i20-1. The number of hydrogen-bond donors (Lipinski definition) is 1. The van der Waals surface area contributed by atoms with Crippen LogP contribution in [-0.2, 0) is 6.42 Å². The lowest BCUT2D eigenvalue weighted by Gasteiger charge is -2.36. The van der Waals surface area contributed by atoms with Crippen molar-refractivity contribution in [2.75, 3.05) is 12.4 Å². The van der Waals surface area contributed by atoms with Crippen LogP contribution in [0.2, 0.25) is 5.02 Å². The highest BCUT2D eigenvalue weighted by Crippen LogP contribution is 2.47. The largest absolute Gasteiger partial charge is 0.398 e. The Morgan fingerprint density at radius 3 is 3.00 bits per heavy atom. The number of nitrogens with zero attached hydrogens (tertiary/aromatic N) is 1. The summed E-state index contributed by atoms with van der Waals surface area (Å²) in [5, 5.41) is 1.66. The summed E-state index contributed by atoms with van der Waals surface area (Å²) in [6, 6.07) is 5.69. The van der Waals surface area contributed by atoms with Crippen LogP contribution in [0.5, 0.6) is 0 Å². The number of nitrogens with two attached hydrogens (primary N) is 1. The SMILES string of the molecule is Nc1c2c(nc3cc(Cl)ccc13)CC1C=C(CC[18F])CC2C1. The number of pyridine rings is 1. The number of halogens is 2. The number of rotatable bonds is 2. The Bertz CT molecular complexity index is 784. The van der Waals surface area contributed by atoms with Crippen LogP contribution >= 0.6 is 11.6 Å². The third-order valence-electron chi connectivity index (χ3n) is 4.95. The maximum Gasteiger partial charge on any atom is 0.0931 e. The summed E-state index contributed by atoms with van der Waals surface area (Å²) in [6.45, 7) is -0.276. The Morgan fingerprint density at radius 1 is 1.32 bits per heavy atom. The van der Waals surface area contributed by atoms with E-state index in [4.69, 9.17) is 22.3 Å². The summed E-state index contributed by atoms with van der Waals surface area (Å²) in [6.07, 6.45) is 5.73. The van der Waals surface area contributed by atoms with E-state index in [1.165, 1.54) is 11.1 Å². The maximum atomic E-state index is 12.7. The van der Waals surface area contributed by atoms with Gasteiger partial charge in [-0.25, -0.2) is 0 Å². The molecular formula is C18H18ClFN2. The molecule has 1 heterocycles. The topological polar surface area (TPSA) is 38.9 Å². The van der Waals surface area contributed by atoms with Gasteiger partial charge >= 0.3 is 0 Å². The van der Waals surface area contributed by atoms with Crippen molar-refractivity contribution in [1.29, 1.82) is 0 Å². The molecule has 0 saturated heterocycles. The first-order valence-corrected chi connectivity index (χ1v) is 8.16. The van der Waals surface area contributed by atoms with Crippen molar-refractivity contribution < 1.29 is 4.39 Å². The number of aromatic nitrogens is 1. The Hall–Kier alpha value is -1.61. The molecule has 0 aliphatic heterocycles. The average Bonchev–Trinajstić information content (AvgIpc) is 2.46. The van der Waals surface area contributed by atoms with Crippen molar-refractivity contribution >= 4 is 28.2 Å². The van der Waals surface area contributed by atoms with Gasteiger partial charge in [-0.2, -0.15) is 0 Å².